The van der Waals surface area contributed by atoms with Gasteiger partial charge in [0.15, 0.2) is 0 Å². The highest BCUT2D eigenvalue weighted by Gasteiger charge is 2.43. The third-order valence-corrected chi connectivity index (χ3v) is 3.68. The molecule has 126 valence electrons. The van der Waals surface area contributed by atoms with E-state index in [4.69, 9.17) is 5.73 Å². The lowest BCUT2D eigenvalue weighted by atomic mass is 10.0. The second-order valence-electron chi connectivity index (χ2n) is 5.65. The summed E-state index contributed by atoms with van der Waals surface area (Å²) < 4.78 is 0. The Hall–Kier alpha value is -1.92. The first-order chi connectivity index (χ1) is 10.5. The minimum absolute atomic E-state index is 0. The van der Waals surface area contributed by atoms with Crippen LogP contribution in [0.3, 0.4) is 0 Å². The lowest BCUT2D eigenvalue weighted by Gasteiger charge is -2.28. The quantitative estimate of drug-likeness (QED) is 0.601. The summed E-state index contributed by atoms with van der Waals surface area (Å²) in [5, 5.41) is 2.74. The lowest BCUT2D eigenvalue weighted by Crippen LogP contribution is -2.52. The van der Waals surface area contributed by atoms with Crippen molar-refractivity contribution < 1.29 is 14.4 Å². The smallest absolute Gasteiger partial charge is 0.262 e. The third-order valence-electron chi connectivity index (χ3n) is 3.68. The summed E-state index contributed by atoms with van der Waals surface area (Å²) >= 11 is 0. The van der Waals surface area contributed by atoms with Gasteiger partial charge in [0.25, 0.3) is 11.8 Å². The number of nitrogens with zero attached hydrogens (tertiary/aromatic N) is 1. The highest BCUT2D eigenvalue weighted by atomic mass is 35.5. The average molecular weight is 340 g/mol. The van der Waals surface area contributed by atoms with Crippen molar-refractivity contribution in [2.45, 2.75) is 26.3 Å². The number of carbonyl (C=O) groups is 3. The molecule has 0 spiro atoms. The molecular formula is C16H22ClN3O3. The van der Waals surface area contributed by atoms with Crippen LogP contribution in [0.15, 0.2) is 24.3 Å². The fourth-order valence-electron chi connectivity index (χ4n) is 2.60. The highest BCUT2D eigenvalue weighted by molar-refractivity contribution is 6.22. The molecule has 23 heavy (non-hydrogen) atoms. The number of amides is 3. The van der Waals surface area contributed by atoms with Gasteiger partial charge in [0, 0.05) is 6.54 Å². The SMILES string of the molecule is CC(C)C(C(=O)NCCCN)N1C(=O)c2ccccc2C1=O.Cl. The topological polar surface area (TPSA) is 92.5 Å². The van der Waals surface area contributed by atoms with Crippen molar-refractivity contribution in [3.05, 3.63) is 35.4 Å². The van der Waals surface area contributed by atoms with Crippen molar-refractivity contribution in [3.8, 4) is 0 Å². The summed E-state index contributed by atoms with van der Waals surface area (Å²) in [5.74, 6) is -1.32. The highest BCUT2D eigenvalue weighted by Crippen LogP contribution is 2.27. The molecule has 0 saturated heterocycles. The van der Waals surface area contributed by atoms with Gasteiger partial charge in [0.2, 0.25) is 5.91 Å². The first kappa shape index (κ1) is 19.1. The van der Waals surface area contributed by atoms with Crippen molar-refractivity contribution in [2.24, 2.45) is 11.7 Å². The number of hydrogen-bond acceptors (Lipinski definition) is 4. The van der Waals surface area contributed by atoms with Crippen molar-refractivity contribution in [3.63, 3.8) is 0 Å². The fourth-order valence-corrected chi connectivity index (χ4v) is 2.60. The Bertz CT molecular complexity index is 569. The third kappa shape index (κ3) is 3.71. The number of hydrogen-bond donors (Lipinski definition) is 2. The molecule has 0 aromatic heterocycles. The largest absolute Gasteiger partial charge is 0.354 e. The zero-order valence-electron chi connectivity index (χ0n) is 13.2. The van der Waals surface area contributed by atoms with Crippen LogP contribution in [-0.2, 0) is 4.79 Å². The van der Waals surface area contributed by atoms with Crippen molar-refractivity contribution in [1.29, 1.82) is 0 Å². The van der Waals surface area contributed by atoms with Gasteiger partial charge in [-0.25, -0.2) is 0 Å². The van der Waals surface area contributed by atoms with Gasteiger partial charge < -0.3 is 11.1 Å². The molecule has 1 aromatic carbocycles. The van der Waals surface area contributed by atoms with Crippen LogP contribution in [0.1, 0.15) is 41.0 Å². The minimum Gasteiger partial charge on any atom is -0.354 e. The molecule has 0 bridgehead atoms. The predicted octanol–water partition coefficient (Wildman–Crippen LogP) is 1.19. The van der Waals surface area contributed by atoms with Gasteiger partial charge in [0.05, 0.1) is 11.1 Å². The van der Waals surface area contributed by atoms with Crippen molar-refractivity contribution in [1.82, 2.24) is 10.2 Å². The van der Waals surface area contributed by atoms with Crippen LogP contribution in [0.5, 0.6) is 0 Å². The Balaban J connectivity index is 0.00000264. The maximum Gasteiger partial charge on any atom is 0.262 e. The van der Waals surface area contributed by atoms with Crippen molar-refractivity contribution >= 4 is 30.1 Å². The summed E-state index contributed by atoms with van der Waals surface area (Å²) in [6.45, 7) is 4.54. The van der Waals surface area contributed by atoms with Crippen LogP contribution >= 0.6 is 12.4 Å². The molecule has 2 rings (SSSR count). The van der Waals surface area contributed by atoms with E-state index in [-0.39, 0.29) is 24.2 Å². The zero-order valence-corrected chi connectivity index (χ0v) is 14.1. The molecule has 1 aliphatic rings. The number of nitrogens with one attached hydrogen (secondary N) is 1. The minimum atomic E-state index is -0.815. The van der Waals surface area contributed by atoms with E-state index >= 15 is 0 Å². The first-order valence-electron chi connectivity index (χ1n) is 7.43. The molecule has 0 fully saturated rings. The average Bonchev–Trinajstić information content (AvgIpc) is 2.73. The molecule has 7 heteroatoms. The summed E-state index contributed by atoms with van der Waals surface area (Å²) in [5.41, 5.74) is 6.11. The van der Waals surface area contributed by atoms with Gasteiger partial charge in [-0.2, -0.15) is 0 Å². The maximum atomic E-state index is 12.5. The zero-order chi connectivity index (χ0) is 16.3. The van der Waals surface area contributed by atoms with E-state index in [1.807, 2.05) is 13.8 Å². The van der Waals surface area contributed by atoms with Gasteiger partial charge in [-0.05, 0) is 31.0 Å². The number of carbonyl (C=O) groups excluding carboxylic acids is 3. The molecular weight excluding hydrogens is 318 g/mol. The standard InChI is InChI=1S/C16H21N3O3.ClH/c1-10(2)13(14(20)18-9-5-8-17)19-15(21)11-6-3-4-7-12(11)16(19)22;/h3-4,6-7,10,13H,5,8-9,17H2,1-2H3,(H,18,20);1H. The van der Waals surface area contributed by atoms with Crippen LogP contribution in [0.2, 0.25) is 0 Å². The lowest BCUT2D eigenvalue weighted by molar-refractivity contribution is -0.126. The molecule has 0 aliphatic carbocycles. The summed E-state index contributed by atoms with van der Waals surface area (Å²) in [6, 6.07) is 5.82. The van der Waals surface area contributed by atoms with Crippen molar-refractivity contribution in [2.75, 3.05) is 13.1 Å². The maximum absolute atomic E-state index is 12.5. The Morgan fingerprint density at radius 1 is 1.17 bits per heavy atom. The predicted molar refractivity (Wildman–Crippen MR) is 89.5 cm³/mol. The van der Waals surface area contributed by atoms with Crippen LogP contribution in [0, 0.1) is 5.92 Å². The molecule has 3 amide bonds. The molecule has 1 unspecified atom stereocenters. The van der Waals surface area contributed by atoms with E-state index in [1.54, 1.807) is 24.3 Å². The second-order valence-corrected chi connectivity index (χ2v) is 5.65. The molecule has 1 aliphatic heterocycles. The van der Waals surface area contributed by atoms with Gasteiger partial charge in [-0.1, -0.05) is 26.0 Å². The number of rotatable bonds is 6. The summed E-state index contributed by atoms with van der Waals surface area (Å²) in [6.07, 6.45) is 0.651. The molecule has 1 heterocycles. The second kappa shape index (κ2) is 8.08. The van der Waals surface area contributed by atoms with Gasteiger partial charge in [-0.15, -0.1) is 12.4 Å². The molecule has 1 atom stereocenters. The number of benzene rings is 1. The Kier molecular flexibility index (Phi) is 6.72. The van der Waals surface area contributed by atoms with Crippen LogP contribution in [-0.4, -0.2) is 41.8 Å². The molecule has 1 aromatic rings. The van der Waals surface area contributed by atoms with Crippen LogP contribution in [0.25, 0.3) is 0 Å². The van der Waals surface area contributed by atoms with E-state index in [1.165, 1.54) is 0 Å². The first-order valence-corrected chi connectivity index (χ1v) is 7.43. The number of fused-ring (bicyclic) bond motifs is 1. The van der Waals surface area contributed by atoms with E-state index in [0.29, 0.717) is 30.6 Å². The van der Waals surface area contributed by atoms with Gasteiger partial charge in [0.1, 0.15) is 6.04 Å². The number of nitrogens with two attached hydrogens (primary N) is 1. The molecule has 6 nitrogen and oxygen atoms in total. The van der Waals surface area contributed by atoms with Gasteiger partial charge >= 0.3 is 0 Å². The number of halogens is 1. The van der Waals surface area contributed by atoms with E-state index in [2.05, 4.69) is 5.32 Å². The number of imide groups is 1. The van der Waals surface area contributed by atoms with E-state index in [9.17, 15) is 14.4 Å². The molecule has 0 radical (unpaired) electrons. The molecule has 3 N–H and O–H groups in total. The van der Waals surface area contributed by atoms with E-state index in [0.717, 1.165) is 4.90 Å². The Morgan fingerprint density at radius 2 is 1.70 bits per heavy atom. The fraction of sp³-hybridized carbons (Fsp3) is 0.438. The molecule has 0 saturated carbocycles. The normalized spacial score (nSPS) is 14.5. The van der Waals surface area contributed by atoms with Gasteiger partial charge in [-0.3, -0.25) is 19.3 Å². The van der Waals surface area contributed by atoms with E-state index < -0.39 is 17.9 Å². The van der Waals surface area contributed by atoms with Crippen LogP contribution < -0.4 is 11.1 Å². The monoisotopic (exact) mass is 339 g/mol. The summed E-state index contributed by atoms with van der Waals surface area (Å²) in [7, 11) is 0. The Morgan fingerprint density at radius 3 is 2.13 bits per heavy atom. The Labute approximate surface area is 141 Å². The summed E-state index contributed by atoms with van der Waals surface area (Å²) in [4.78, 5) is 38.5. The van der Waals surface area contributed by atoms with Crippen LogP contribution in [0.4, 0.5) is 0 Å².